The number of hydrogen-bond acceptors (Lipinski definition) is 21. The number of carbonyl (C=O) groups is 4. The van der Waals surface area contributed by atoms with E-state index in [9.17, 15) is 19.2 Å². The van der Waals surface area contributed by atoms with E-state index in [4.69, 9.17) is 62.1 Å². The maximum absolute atomic E-state index is 12.3. The van der Waals surface area contributed by atoms with E-state index in [0.717, 1.165) is 53.6 Å². The van der Waals surface area contributed by atoms with E-state index in [-0.39, 0.29) is 23.1 Å². The molecule has 0 bridgehead atoms. The van der Waals surface area contributed by atoms with Crippen molar-refractivity contribution in [3.63, 3.8) is 0 Å². The number of aromatic nitrogens is 2. The third-order valence-corrected chi connectivity index (χ3v) is 7.33. The van der Waals surface area contributed by atoms with Gasteiger partial charge in [0.15, 0.2) is 23.1 Å². The number of anilines is 2. The SMILES string of the molecule is CCCC(=O)c1cc(-c2ccc(N)cc2)cc(C(=O)CCC)n1.CCCC(=O)c1cc(-c2ccc(NN)cc2)cc(C(=O)CCC)n1.O=S(=O)=O.O=S(=O)=O.O=S(=O)=O.O=S(=O)=O. The first kappa shape index (κ1) is 58.6. The summed E-state index contributed by atoms with van der Waals surface area (Å²) >= 11 is 0. The molecule has 4 rings (SSSR count). The van der Waals surface area contributed by atoms with Crippen LogP contribution in [0.25, 0.3) is 22.3 Å². The Morgan fingerprint density at radius 2 is 0.651 bits per heavy atom. The molecule has 0 aliphatic carbocycles. The van der Waals surface area contributed by atoms with Crippen LogP contribution in [0.1, 0.15) is 121 Å². The molecule has 21 nitrogen and oxygen atoms in total. The minimum absolute atomic E-state index is 0.0321. The van der Waals surface area contributed by atoms with Gasteiger partial charge in [0.1, 0.15) is 22.8 Å². The van der Waals surface area contributed by atoms with Crippen molar-refractivity contribution in [3.05, 3.63) is 95.6 Å². The van der Waals surface area contributed by atoms with Crippen molar-refractivity contribution in [1.29, 1.82) is 0 Å². The molecule has 0 saturated carbocycles. The molecule has 0 spiro atoms. The number of ketones is 4. The molecule has 2 heterocycles. The fraction of sp³-hybridized carbons (Fsp3) is 0.316. The highest BCUT2D eigenvalue weighted by atomic mass is 32.2. The lowest BCUT2D eigenvalue weighted by atomic mass is 10.0. The van der Waals surface area contributed by atoms with Crippen LogP contribution in [-0.4, -0.2) is 83.6 Å². The first-order chi connectivity index (χ1) is 29.6. The van der Waals surface area contributed by atoms with Crippen LogP contribution in [0.15, 0.2) is 72.8 Å². The van der Waals surface area contributed by atoms with E-state index in [1.807, 2.05) is 64.1 Å². The zero-order valence-electron chi connectivity index (χ0n) is 34.3. The highest BCUT2D eigenvalue weighted by Crippen LogP contribution is 2.25. The number of Topliss-reactive ketones (excluding diaryl/α,β-unsaturated/α-hetero) is 4. The molecule has 5 N–H and O–H groups in total. The van der Waals surface area contributed by atoms with E-state index in [2.05, 4.69) is 15.4 Å². The number of carbonyl (C=O) groups excluding carboxylic acids is 4. The zero-order valence-corrected chi connectivity index (χ0v) is 37.6. The van der Waals surface area contributed by atoms with Gasteiger partial charge in [-0.1, -0.05) is 52.0 Å². The summed E-state index contributed by atoms with van der Waals surface area (Å²) in [4.78, 5) is 57.6. The molecule has 342 valence electrons. The molecule has 0 aliphatic heterocycles. The normalized spacial score (nSPS) is 9.35. The standard InChI is InChI=1S/C19H23N3O2.C19H22N2O2.4O3S/c1-3-5-18(23)16-11-14(12-17(21-16)19(24)6-4-2)13-7-9-15(22-20)10-8-13;1-3-5-18(22)16-11-14(13-7-9-15(20)10-8-13)12-17(21-16)19(23)6-4-2;4*1-4(2)3/h7-12,22H,3-6,20H2,1-2H3;7-12H,3-6,20H2,1-2H3;;;;. The summed E-state index contributed by atoms with van der Waals surface area (Å²) in [6.07, 6.45) is 4.72. The molecule has 4 aromatic rings. The van der Waals surface area contributed by atoms with Crippen LogP contribution in [0, 0.1) is 0 Å². The van der Waals surface area contributed by atoms with Gasteiger partial charge in [-0.3, -0.25) is 25.0 Å². The number of pyridine rings is 2. The number of rotatable bonds is 15. The monoisotopic (exact) mass is 955 g/mol. The summed E-state index contributed by atoms with van der Waals surface area (Å²) in [6, 6.07) is 21.9. The summed E-state index contributed by atoms with van der Waals surface area (Å²) in [6.45, 7) is 7.79. The van der Waals surface area contributed by atoms with Crippen molar-refractivity contribution in [2.24, 2.45) is 5.84 Å². The van der Waals surface area contributed by atoms with E-state index in [1.54, 1.807) is 36.4 Å². The summed E-state index contributed by atoms with van der Waals surface area (Å²) < 4.78 is 101. The Morgan fingerprint density at radius 1 is 0.429 bits per heavy atom. The molecule has 0 atom stereocenters. The summed E-state index contributed by atoms with van der Waals surface area (Å²) in [5.41, 5.74) is 14.7. The molecule has 25 heteroatoms. The largest absolute Gasteiger partial charge is 0.425 e. The molecule has 0 amide bonds. The fourth-order valence-electron chi connectivity index (χ4n) is 4.82. The van der Waals surface area contributed by atoms with Crippen molar-refractivity contribution >= 4 is 76.9 Å². The van der Waals surface area contributed by atoms with Crippen LogP contribution in [0.4, 0.5) is 11.4 Å². The van der Waals surface area contributed by atoms with Gasteiger partial charge in [0.25, 0.3) is 0 Å². The maximum atomic E-state index is 12.3. The van der Waals surface area contributed by atoms with Crippen molar-refractivity contribution in [3.8, 4) is 22.3 Å². The highest BCUT2D eigenvalue weighted by Gasteiger charge is 2.16. The summed E-state index contributed by atoms with van der Waals surface area (Å²) in [5, 5.41) is 0. The minimum atomic E-state index is -3.11. The zero-order chi connectivity index (χ0) is 48.7. The summed E-state index contributed by atoms with van der Waals surface area (Å²) in [7, 11) is -12.4. The van der Waals surface area contributed by atoms with Gasteiger partial charge in [0.2, 0.25) is 0 Å². The molecule has 63 heavy (non-hydrogen) atoms. The lowest BCUT2D eigenvalue weighted by Crippen LogP contribution is -2.09. The van der Waals surface area contributed by atoms with Crippen molar-refractivity contribution in [1.82, 2.24) is 9.97 Å². The van der Waals surface area contributed by atoms with Gasteiger partial charge in [-0.15, -0.1) is 50.5 Å². The molecule has 0 fully saturated rings. The molecule has 0 unspecified atom stereocenters. The van der Waals surface area contributed by atoms with Gasteiger partial charge in [-0.2, -0.15) is 0 Å². The Kier molecular flexibility index (Phi) is 30.8. The number of hydrazine groups is 1. The number of nitrogens with zero attached hydrogens (tertiary/aromatic N) is 2. The van der Waals surface area contributed by atoms with Gasteiger partial charge in [0, 0.05) is 37.1 Å². The van der Waals surface area contributed by atoms with Crippen molar-refractivity contribution < 1.29 is 69.7 Å². The average molecular weight is 956 g/mol. The smallest absolute Gasteiger partial charge is 0.399 e. The van der Waals surface area contributed by atoms with Crippen LogP contribution >= 0.6 is 0 Å². The van der Waals surface area contributed by atoms with E-state index >= 15 is 0 Å². The first-order valence-electron chi connectivity index (χ1n) is 18.2. The summed E-state index contributed by atoms with van der Waals surface area (Å²) in [5.74, 6) is 5.25. The van der Waals surface area contributed by atoms with Gasteiger partial charge in [-0.05, 0) is 96.5 Å². The number of nitrogens with one attached hydrogen (secondary N) is 1. The van der Waals surface area contributed by atoms with Crippen LogP contribution in [0.2, 0.25) is 0 Å². The molecular formula is C38H45N5O16S4. The second kappa shape index (κ2) is 33.1. The Balaban J connectivity index is 0. The van der Waals surface area contributed by atoms with Crippen LogP contribution in [-0.2, 0) is 42.4 Å². The number of hydrogen-bond donors (Lipinski definition) is 3. The second-order valence-electron chi connectivity index (χ2n) is 12.1. The predicted octanol–water partition coefficient (Wildman–Crippen LogP) is 4.28. The van der Waals surface area contributed by atoms with E-state index in [0.29, 0.717) is 54.1 Å². The molecule has 2 aromatic heterocycles. The predicted molar refractivity (Wildman–Crippen MR) is 227 cm³/mol. The molecule has 0 aliphatic rings. The third kappa shape index (κ3) is 27.8. The molecule has 2 aromatic carbocycles. The Hall–Kier alpha value is -6.54. The topological polar surface area (TPSA) is 363 Å². The molecular weight excluding hydrogens is 911 g/mol. The quantitative estimate of drug-likeness (QED) is 0.0647. The van der Waals surface area contributed by atoms with Crippen LogP contribution in [0.5, 0.6) is 0 Å². The number of benzene rings is 2. The van der Waals surface area contributed by atoms with Crippen LogP contribution < -0.4 is 17.0 Å². The Labute approximate surface area is 369 Å². The first-order valence-corrected chi connectivity index (χ1v) is 22.2. The van der Waals surface area contributed by atoms with Crippen molar-refractivity contribution in [2.45, 2.75) is 79.1 Å². The Bertz CT molecular complexity index is 2400. The Morgan fingerprint density at radius 3 is 0.857 bits per heavy atom. The number of nitrogens with two attached hydrogens (primary N) is 2. The second-order valence-corrected chi connectivity index (χ2v) is 13.7. The van der Waals surface area contributed by atoms with Gasteiger partial charge in [-0.25, -0.2) is 9.97 Å². The molecule has 0 saturated heterocycles. The molecule has 0 radical (unpaired) electrons. The highest BCUT2D eigenvalue weighted by molar-refractivity contribution is 7.59. The van der Waals surface area contributed by atoms with Crippen molar-refractivity contribution in [2.75, 3.05) is 11.2 Å². The number of nitrogen functional groups attached to an aromatic ring is 2. The lowest BCUT2D eigenvalue weighted by Gasteiger charge is -2.09. The van der Waals surface area contributed by atoms with Gasteiger partial charge >= 0.3 is 42.4 Å². The fourth-order valence-corrected chi connectivity index (χ4v) is 4.82. The van der Waals surface area contributed by atoms with E-state index < -0.39 is 42.4 Å². The maximum Gasteiger partial charge on any atom is 0.425 e. The average Bonchev–Trinajstić information content (AvgIpc) is 3.20. The van der Waals surface area contributed by atoms with Crippen LogP contribution in [0.3, 0.4) is 0 Å². The van der Waals surface area contributed by atoms with E-state index in [1.165, 1.54) is 0 Å². The van der Waals surface area contributed by atoms with Gasteiger partial charge in [0.05, 0.1) is 0 Å². The lowest BCUT2D eigenvalue weighted by molar-refractivity contribution is 0.0957. The third-order valence-electron chi connectivity index (χ3n) is 7.33. The minimum Gasteiger partial charge on any atom is -0.399 e. The van der Waals surface area contributed by atoms with Gasteiger partial charge < -0.3 is 11.2 Å².